The first-order chi connectivity index (χ1) is 8.66. The first kappa shape index (κ1) is 13.1. The molecule has 1 aromatic rings. The molecule has 2 unspecified atom stereocenters. The highest BCUT2D eigenvalue weighted by molar-refractivity contribution is 5.76. The Bertz CT molecular complexity index is 389. The molecule has 0 saturated carbocycles. The molecule has 2 rings (SSSR count). The number of carbonyl (C=O) groups is 1. The Labute approximate surface area is 109 Å². The van der Waals surface area contributed by atoms with Crippen molar-refractivity contribution in [1.29, 1.82) is 0 Å². The first-order valence-electron chi connectivity index (χ1n) is 6.75. The summed E-state index contributed by atoms with van der Waals surface area (Å²) in [4.78, 5) is 14.0. The fourth-order valence-electron chi connectivity index (χ4n) is 2.49. The molecule has 0 spiro atoms. The summed E-state index contributed by atoms with van der Waals surface area (Å²) >= 11 is 0. The second-order valence-corrected chi connectivity index (χ2v) is 5.25. The number of amides is 1. The summed E-state index contributed by atoms with van der Waals surface area (Å²) in [6, 6.07) is 10.6. The Morgan fingerprint density at radius 1 is 1.44 bits per heavy atom. The summed E-state index contributed by atoms with van der Waals surface area (Å²) in [6.07, 6.45) is 2.44. The minimum absolute atomic E-state index is 0.112. The van der Waals surface area contributed by atoms with Crippen LogP contribution in [0.1, 0.15) is 37.7 Å². The molecular formula is C15H22N2O. The average Bonchev–Trinajstić information content (AvgIpc) is 2.86. The van der Waals surface area contributed by atoms with Gasteiger partial charge in [0, 0.05) is 31.5 Å². The Balaban J connectivity index is 1.87. The zero-order valence-corrected chi connectivity index (χ0v) is 11.0. The molecular weight excluding hydrogens is 224 g/mol. The van der Waals surface area contributed by atoms with Crippen molar-refractivity contribution in [2.24, 2.45) is 5.73 Å². The highest BCUT2D eigenvalue weighted by Crippen LogP contribution is 2.27. The highest BCUT2D eigenvalue weighted by atomic mass is 16.2. The van der Waals surface area contributed by atoms with Crippen LogP contribution >= 0.6 is 0 Å². The SMILES string of the molecule is CC(N)CCC(=O)N1CCC(c2ccccc2)C1. The van der Waals surface area contributed by atoms with Gasteiger partial charge in [-0.3, -0.25) is 4.79 Å². The number of carbonyl (C=O) groups excluding carboxylic acids is 1. The van der Waals surface area contributed by atoms with Crippen molar-refractivity contribution in [2.45, 2.75) is 38.1 Å². The van der Waals surface area contributed by atoms with Crippen molar-refractivity contribution in [3.05, 3.63) is 35.9 Å². The maximum Gasteiger partial charge on any atom is 0.222 e. The number of benzene rings is 1. The number of nitrogens with zero attached hydrogens (tertiary/aromatic N) is 1. The van der Waals surface area contributed by atoms with E-state index in [0.717, 1.165) is 25.9 Å². The summed E-state index contributed by atoms with van der Waals surface area (Å²) in [6.45, 7) is 3.70. The molecule has 0 radical (unpaired) electrons. The third-order valence-electron chi connectivity index (χ3n) is 3.63. The first-order valence-corrected chi connectivity index (χ1v) is 6.75. The van der Waals surface area contributed by atoms with E-state index in [2.05, 4.69) is 24.3 Å². The van der Waals surface area contributed by atoms with Gasteiger partial charge < -0.3 is 10.6 Å². The average molecular weight is 246 g/mol. The van der Waals surface area contributed by atoms with Crippen molar-refractivity contribution >= 4 is 5.91 Å². The lowest BCUT2D eigenvalue weighted by Gasteiger charge is -2.17. The van der Waals surface area contributed by atoms with Crippen LogP contribution in [0.25, 0.3) is 0 Å². The zero-order valence-electron chi connectivity index (χ0n) is 11.0. The van der Waals surface area contributed by atoms with Gasteiger partial charge in [-0.2, -0.15) is 0 Å². The van der Waals surface area contributed by atoms with Gasteiger partial charge in [-0.25, -0.2) is 0 Å². The predicted octanol–water partition coefficient (Wildman–Crippen LogP) is 2.13. The van der Waals surface area contributed by atoms with Gasteiger partial charge in [-0.05, 0) is 25.3 Å². The van der Waals surface area contributed by atoms with E-state index in [-0.39, 0.29) is 11.9 Å². The fraction of sp³-hybridized carbons (Fsp3) is 0.533. The molecule has 1 fully saturated rings. The van der Waals surface area contributed by atoms with Crippen LogP contribution in [0.3, 0.4) is 0 Å². The molecule has 1 aliphatic heterocycles. The van der Waals surface area contributed by atoms with Crippen molar-refractivity contribution in [3.8, 4) is 0 Å². The lowest BCUT2D eigenvalue weighted by Crippen LogP contribution is -2.29. The van der Waals surface area contributed by atoms with Gasteiger partial charge in [0.05, 0.1) is 0 Å². The van der Waals surface area contributed by atoms with Crippen LogP contribution in [-0.2, 0) is 4.79 Å². The van der Waals surface area contributed by atoms with E-state index in [4.69, 9.17) is 5.73 Å². The Morgan fingerprint density at radius 3 is 2.83 bits per heavy atom. The predicted molar refractivity (Wildman–Crippen MR) is 73.3 cm³/mol. The van der Waals surface area contributed by atoms with Gasteiger partial charge in [0.15, 0.2) is 0 Å². The maximum atomic E-state index is 12.0. The molecule has 1 amide bonds. The quantitative estimate of drug-likeness (QED) is 0.884. The minimum atomic E-state index is 0.112. The molecule has 1 heterocycles. The molecule has 3 heteroatoms. The Morgan fingerprint density at radius 2 is 2.17 bits per heavy atom. The lowest BCUT2D eigenvalue weighted by molar-refractivity contribution is -0.130. The van der Waals surface area contributed by atoms with Crippen LogP contribution in [0, 0.1) is 0 Å². The molecule has 3 nitrogen and oxygen atoms in total. The minimum Gasteiger partial charge on any atom is -0.342 e. The van der Waals surface area contributed by atoms with E-state index in [1.807, 2.05) is 17.9 Å². The molecule has 1 saturated heterocycles. The summed E-state index contributed by atoms with van der Waals surface area (Å²) in [5.41, 5.74) is 7.03. The number of hydrogen-bond donors (Lipinski definition) is 1. The van der Waals surface area contributed by atoms with Gasteiger partial charge >= 0.3 is 0 Å². The standard InChI is InChI=1S/C15H22N2O/c1-12(16)7-8-15(18)17-10-9-14(11-17)13-5-3-2-4-6-13/h2-6,12,14H,7-11,16H2,1H3. The summed E-state index contributed by atoms with van der Waals surface area (Å²) in [5.74, 6) is 0.760. The topological polar surface area (TPSA) is 46.3 Å². The largest absolute Gasteiger partial charge is 0.342 e. The van der Waals surface area contributed by atoms with Crippen LogP contribution in [-0.4, -0.2) is 29.9 Å². The normalized spacial score (nSPS) is 21.0. The summed E-state index contributed by atoms with van der Waals surface area (Å²) in [5, 5.41) is 0. The van der Waals surface area contributed by atoms with E-state index in [1.54, 1.807) is 0 Å². The van der Waals surface area contributed by atoms with E-state index in [0.29, 0.717) is 12.3 Å². The molecule has 98 valence electrons. The molecule has 0 bridgehead atoms. The van der Waals surface area contributed by atoms with Gasteiger partial charge in [0.25, 0.3) is 0 Å². The van der Waals surface area contributed by atoms with Gasteiger partial charge in [0.2, 0.25) is 5.91 Å². The Kier molecular flexibility index (Phi) is 4.37. The smallest absolute Gasteiger partial charge is 0.222 e. The summed E-state index contributed by atoms with van der Waals surface area (Å²) < 4.78 is 0. The summed E-state index contributed by atoms with van der Waals surface area (Å²) in [7, 11) is 0. The molecule has 1 aromatic carbocycles. The number of hydrogen-bond acceptors (Lipinski definition) is 2. The maximum absolute atomic E-state index is 12.0. The molecule has 2 N–H and O–H groups in total. The monoisotopic (exact) mass is 246 g/mol. The molecule has 18 heavy (non-hydrogen) atoms. The lowest BCUT2D eigenvalue weighted by atomic mass is 9.99. The van der Waals surface area contributed by atoms with Crippen molar-refractivity contribution in [1.82, 2.24) is 4.90 Å². The van der Waals surface area contributed by atoms with E-state index in [1.165, 1.54) is 5.56 Å². The Hall–Kier alpha value is -1.35. The zero-order chi connectivity index (χ0) is 13.0. The van der Waals surface area contributed by atoms with Crippen LogP contribution < -0.4 is 5.73 Å². The van der Waals surface area contributed by atoms with Crippen molar-refractivity contribution < 1.29 is 4.79 Å². The number of likely N-dealkylation sites (tertiary alicyclic amines) is 1. The van der Waals surface area contributed by atoms with Crippen LogP contribution in [0.2, 0.25) is 0 Å². The number of nitrogens with two attached hydrogens (primary N) is 1. The van der Waals surface area contributed by atoms with Crippen molar-refractivity contribution in [3.63, 3.8) is 0 Å². The van der Waals surface area contributed by atoms with E-state index < -0.39 is 0 Å². The van der Waals surface area contributed by atoms with Crippen molar-refractivity contribution in [2.75, 3.05) is 13.1 Å². The van der Waals surface area contributed by atoms with Crippen LogP contribution in [0.15, 0.2) is 30.3 Å². The third-order valence-corrected chi connectivity index (χ3v) is 3.63. The highest BCUT2D eigenvalue weighted by Gasteiger charge is 2.26. The molecule has 1 aliphatic rings. The third kappa shape index (κ3) is 3.33. The second-order valence-electron chi connectivity index (χ2n) is 5.25. The van der Waals surface area contributed by atoms with Gasteiger partial charge in [0.1, 0.15) is 0 Å². The van der Waals surface area contributed by atoms with Crippen LogP contribution in [0.4, 0.5) is 0 Å². The van der Waals surface area contributed by atoms with Gasteiger partial charge in [-0.15, -0.1) is 0 Å². The van der Waals surface area contributed by atoms with E-state index in [9.17, 15) is 4.79 Å². The number of rotatable bonds is 4. The molecule has 0 aliphatic carbocycles. The second kappa shape index (κ2) is 6.01. The van der Waals surface area contributed by atoms with E-state index >= 15 is 0 Å². The molecule has 2 atom stereocenters. The molecule has 0 aromatic heterocycles. The van der Waals surface area contributed by atoms with Gasteiger partial charge in [-0.1, -0.05) is 30.3 Å². The fourth-order valence-corrected chi connectivity index (χ4v) is 2.49. The van der Waals surface area contributed by atoms with Crippen LogP contribution in [0.5, 0.6) is 0 Å².